The summed E-state index contributed by atoms with van der Waals surface area (Å²) in [6, 6.07) is 17.5. The van der Waals surface area contributed by atoms with Gasteiger partial charge >= 0.3 is 0 Å². The van der Waals surface area contributed by atoms with Gasteiger partial charge in [-0.1, -0.05) is 35.0 Å². The van der Waals surface area contributed by atoms with Gasteiger partial charge < -0.3 is 9.64 Å². The van der Waals surface area contributed by atoms with Crippen molar-refractivity contribution in [2.24, 2.45) is 5.10 Å². The molecule has 4 rings (SSSR count). The number of anilines is 1. The van der Waals surface area contributed by atoms with Crippen molar-refractivity contribution < 1.29 is 9.13 Å². The Balaban J connectivity index is 1.74. The van der Waals surface area contributed by atoms with Gasteiger partial charge in [0.1, 0.15) is 24.0 Å². The molecule has 0 N–H and O–H groups in total. The van der Waals surface area contributed by atoms with Crippen LogP contribution in [0, 0.1) is 5.82 Å². The molecule has 0 saturated heterocycles. The van der Waals surface area contributed by atoms with E-state index in [0.29, 0.717) is 40.0 Å². The molecule has 180 valence electrons. The van der Waals surface area contributed by atoms with Crippen LogP contribution in [0.5, 0.6) is 5.75 Å². The number of fused-ring (bicyclic) bond motifs is 1. The molecule has 0 spiro atoms. The summed E-state index contributed by atoms with van der Waals surface area (Å²) in [4.78, 5) is 19.9. The van der Waals surface area contributed by atoms with Gasteiger partial charge in [-0.3, -0.25) is 4.79 Å². The third-order valence-corrected chi connectivity index (χ3v) is 5.95. The average molecular weight is 537 g/mol. The topological polar surface area (TPSA) is 59.7 Å². The smallest absolute Gasteiger partial charge is 0.282 e. The maximum absolute atomic E-state index is 13.6. The van der Waals surface area contributed by atoms with Crippen molar-refractivity contribution >= 4 is 38.7 Å². The van der Waals surface area contributed by atoms with Gasteiger partial charge in [0.05, 0.1) is 17.1 Å². The zero-order chi connectivity index (χ0) is 24.9. The Labute approximate surface area is 211 Å². The number of aryl methyl sites for hydroxylation is 1. The summed E-state index contributed by atoms with van der Waals surface area (Å²) < 4.78 is 21.8. The molecular weight excluding hydrogens is 511 g/mol. The van der Waals surface area contributed by atoms with Crippen LogP contribution in [-0.2, 0) is 13.0 Å². The van der Waals surface area contributed by atoms with Crippen LogP contribution in [0.2, 0.25) is 0 Å². The molecule has 8 heteroatoms. The number of nitrogens with zero attached hydrogens (tertiary/aromatic N) is 4. The normalized spacial score (nSPS) is 11.3. The van der Waals surface area contributed by atoms with Crippen LogP contribution < -0.4 is 15.2 Å². The van der Waals surface area contributed by atoms with Crippen molar-refractivity contribution in [1.82, 2.24) is 9.66 Å². The number of halogens is 2. The number of hydrogen-bond acceptors (Lipinski definition) is 5. The third-order valence-electron chi connectivity index (χ3n) is 5.46. The van der Waals surface area contributed by atoms with Crippen molar-refractivity contribution in [3.8, 4) is 5.75 Å². The van der Waals surface area contributed by atoms with Gasteiger partial charge in [-0.25, -0.2) is 9.37 Å². The minimum Gasteiger partial charge on any atom is -0.488 e. The summed E-state index contributed by atoms with van der Waals surface area (Å²) in [6.07, 6.45) is 3.04. The van der Waals surface area contributed by atoms with E-state index in [0.717, 1.165) is 16.6 Å². The number of aromatic nitrogens is 2. The maximum atomic E-state index is 13.6. The van der Waals surface area contributed by atoms with Crippen LogP contribution in [0.25, 0.3) is 10.9 Å². The van der Waals surface area contributed by atoms with E-state index in [1.807, 2.05) is 62.3 Å². The molecule has 0 aliphatic heterocycles. The molecule has 1 heterocycles. The lowest BCUT2D eigenvalue weighted by molar-refractivity contribution is 0.305. The lowest BCUT2D eigenvalue weighted by Crippen LogP contribution is -2.22. The van der Waals surface area contributed by atoms with Crippen LogP contribution in [0.3, 0.4) is 0 Å². The number of ether oxygens (including phenoxy) is 1. The molecule has 0 atom stereocenters. The Bertz CT molecular complexity index is 1450. The van der Waals surface area contributed by atoms with Crippen LogP contribution >= 0.6 is 15.9 Å². The van der Waals surface area contributed by atoms with Crippen molar-refractivity contribution in [2.45, 2.75) is 26.4 Å². The predicted molar refractivity (Wildman–Crippen MR) is 142 cm³/mol. The molecule has 0 unspecified atom stereocenters. The lowest BCUT2D eigenvalue weighted by Gasteiger charge is -2.16. The number of benzene rings is 3. The molecule has 6 nitrogen and oxygen atoms in total. The standard InChI is InChI=1S/C27H26BrFN4O2/c1-4-6-26-31-24-12-10-20(28)14-23(24)27(34)33(26)30-16-19-9-11-22(32(2)3)15-25(19)35-17-18-7-5-8-21(29)13-18/h5,7-16H,4,6,17H2,1-3H3. The highest BCUT2D eigenvalue weighted by molar-refractivity contribution is 9.10. The van der Waals surface area contributed by atoms with Crippen molar-refractivity contribution in [2.75, 3.05) is 19.0 Å². The Hall–Kier alpha value is -3.52. The molecule has 0 saturated carbocycles. The molecule has 4 aromatic rings. The highest BCUT2D eigenvalue weighted by Crippen LogP contribution is 2.25. The molecule has 0 amide bonds. The van der Waals surface area contributed by atoms with Gasteiger partial charge in [-0.05, 0) is 54.4 Å². The van der Waals surface area contributed by atoms with Crippen molar-refractivity contribution in [3.05, 3.63) is 98.3 Å². The van der Waals surface area contributed by atoms with Crippen molar-refractivity contribution in [1.29, 1.82) is 0 Å². The van der Waals surface area contributed by atoms with Gasteiger partial charge in [-0.2, -0.15) is 9.78 Å². The first kappa shape index (κ1) is 24.6. The molecule has 1 aromatic heterocycles. The Morgan fingerprint density at radius 2 is 1.97 bits per heavy atom. The number of hydrogen-bond donors (Lipinski definition) is 0. The summed E-state index contributed by atoms with van der Waals surface area (Å²) >= 11 is 3.43. The molecule has 0 radical (unpaired) electrons. The second-order valence-corrected chi connectivity index (χ2v) is 9.25. The highest BCUT2D eigenvalue weighted by atomic mass is 79.9. The Kier molecular flexibility index (Phi) is 7.60. The van der Waals surface area contributed by atoms with Crippen LogP contribution in [0.15, 0.2) is 75.0 Å². The monoisotopic (exact) mass is 536 g/mol. The van der Waals surface area contributed by atoms with Crippen molar-refractivity contribution in [3.63, 3.8) is 0 Å². The molecule has 0 bridgehead atoms. The zero-order valence-electron chi connectivity index (χ0n) is 19.8. The van der Waals surface area contributed by atoms with Crippen LogP contribution in [0.1, 0.15) is 30.3 Å². The maximum Gasteiger partial charge on any atom is 0.282 e. The summed E-state index contributed by atoms with van der Waals surface area (Å²) in [6.45, 7) is 2.23. The molecule has 0 aliphatic rings. The average Bonchev–Trinajstić information content (AvgIpc) is 2.83. The van der Waals surface area contributed by atoms with Crippen LogP contribution in [-0.4, -0.2) is 30.0 Å². The first-order chi connectivity index (χ1) is 16.9. The summed E-state index contributed by atoms with van der Waals surface area (Å²) in [5.41, 5.74) is 2.76. The molecule has 0 fully saturated rings. The zero-order valence-corrected chi connectivity index (χ0v) is 21.4. The fourth-order valence-electron chi connectivity index (χ4n) is 3.64. The molecule has 35 heavy (non-hydrogen) atoms. The molecular formula is C27H26BrFN4O2. The van der Waals surface area contributed by atoms with E-state index in [9.17, 15) is 9.18 Å². The third kappa shape index (κ3) is 5.77. The van der Waals surface area contributed by atoms with Gasteiger partial charge in [-0.15, -0.1) is 0 Å². The van der Waals surface area contributed by atoms with E-state index in [1.165, 1.54) is 16.8 Å². The van der Waals surface area contributed by atoms with E-state index in [2.05, 4.69) is 26.0 Å². The van der Waals surface area contributed by atoms with E-state index >= 15 is 0 Å². The molecule has 0 aliphatic carbocycles. The van der Waals surface area contributed by atoms with Gasteiger partial charge in [0.25, 0.3) is 5.56 Å². The van der Waals surface area contributed by atoms with E-state index in [-0.39, 0.29) is 18.0 Å². The Morgan fingerprint density at radius 3 is 2.71 bits per heavy atom. The SMILES string of the molecule is CCCc1nc2ccc(Br)cc2c(=O)n1N=Cc1ccc(N(C)C)cc1OCc1cccc(F)c1. The first-order valence-corrected chi connectivity index (χ1v) is 12.1. The summed E-state index contributed by atoms with van der Waals surface area (Å²) in [5.74, 6) is 0.856. The van der Waals surface area contributed by atoms with Gasteiger partial charge in [0.15, 0.2) is 0 Å². The molecule has 3 aromatic carbocycles. The largest absolute Gasteiger partial charge is 0.488 e. The quantitative estimate of drug-likeness (QED) is 0.268. The Morgan fingerprint density at radius 1 is 1.14 bits per heavy atom. The highest BCUT2D eigenvalue weighted by Gasteiger charge is 2.12. The minimum atomic E-state index is -0.312. The summed E-state index contributed by atoms with van der Waals surface area (Å²) in [7, 11) is 3.88. The lowest BCUT2D eigenvalue weighted by atomic mass is 10.2. The van der Waals surface area contributed by atoms with Gasteiger partial charge in [0, 0.05) is 42.3 Å². The van der Waals surface area contributed by atoms with Crippen LogP contribution in [0.4, 0.5) is 10.1 Å². The fourth-order valence-corrected chi connectivity index (χ4v) is 4.00. The second kappa shape index (κ2) is 10.8. The minimum absolute atomic E-state index is 0.196. The first-order valence-electron chi connectivity index (χ1n) is 11.3. The predicted octanol–water partition coefficient (Wildman–Crippen LogP) is 5.78. The summed E-state index contributed by atoms with van der Waals surface area (Å²) in [5, 5.41) is 5.01. The van der Waals surface area contributed by atoms with E-state index in [4.69, 9.17) is 4.74 Å². The van der Waals surface area contributed by atoms with E-state index < -0.39 is 0 Å². The number of rotatable bonds is 8. The van der Waals surface area contributed by atoms with Gasteiger partial charge in [0.2, 0.25) is 0 Å². The second-order valence-electron chi connectivity index (χ2n) is 8.34. The van der Waals surface area contributed by atoms with E-state index in [1.54, 1.807) is 18.3 Å². The fraction of sp³-hybridized carbons (Fsp3) is 0.222.